The molecule has 20 heavy (non-hydrogen) atoms. The molecule has 0 aliphatic rings. The number of nitrogens with one attached hydrogen (secondary N) is 1. The van der Waals surface area contributed by atoms with Gasteiger partial charge in [0.15, 0.2) is 0 Å². The van der Waals surface area contributed by atoms with Gasteiger partial charge in [-0.15, -0.1) is 0 Å². The average molecular weight is 292 g/mol. The molecule has 0 bridgehead atoms. The summed E-state index contributed by atoms with van der Waals surface area (Å²) in [5, 5.41) is 8.90. The van der Waals surface area contributed by atoms with Crippen molar-refractivity contribution in [2.45, 2.75) is 40.3 Å². The number of aryl methyl sites for hydroxylation is 1. The number of hydrogen-bond acceptors (Lipinski definition) is 2. The molecule has 1 heterocycles. The first-order chi connectivity index (χ1) is 9.52. The van der Waals surface area contributed by atoms with E-state index in [9.17, 15) is 0 Å². The van der Waals surface area contributed by atoms with Crippen molar-refractivity contribution in [1.82, 2.24) is 15.1 Å². The van der Waals surface area contributed by atoms with Crippen LogP contribution in [-0.2, 0) is 6.54 Å². The van der Waals surface area contributed by atoms with Crippen molar-refractivity contribution in [2.75, 3.05) is 6.54 Å². The second-order valence-electron chi connectivity index (χ2n) is 5.15. The molecule has 1 N–H and O–H groups in total. The molecule has 108 valence electrons. The van der Waals surface area contributed by atoms with Gasteiger partial charge in [0.25, 0.3) is 0 Å². The van der Waals surface area contributed by atoms with Crippen molar-refractivity contribution >= 4 is 11.6 Å². The number of aromatic nitrogens is 2. The van der Waals surface area contributed by atoms with Crippen LogP contribution in [0.2, 0.25) is 5.02 Å². The molecule has 0 spiro atoms. The van der Waals surface area contributed by atoms with E-state index >= 15 is 0 Å². The van der Waals surface area contributed by atoms with Crippen molar-refractivity contribution in [2.24, 2.45) is 0 Å². The van der Waals surface area contributed by atoms with Crippen LogP contribution in [0.1, 0.15) is 42.4 Å². The van der Waals surface area contributed by atoms with Crippen LogP contribution in [0.4, 0.5) is 0 Å². The Kier molecular flexibility index (Phi) is 4.84. The first-order valence-corrected chi connectivity index (χ1v) is 7.42. The summed E-state index contributed by atoms with van der Waals surface area (Å²) >= 11 is 6.04. The highest BCUT2D eigenvalue weighted by Gasteiger charge is 2.16. The molecular weight excluding hydrogens is 270 g/mol. The molecule has 0 radical (unpaired) electrons. The van der Waals surface area contributed by atoms with Crippen molar-refractivity contribution in [1.29, 1.82) is 0 Å². The monoisotopic (exact) mass is 291 g/mol. The molecule has 0 saturated heterocycles. The summed E-state index contributed by atoms with van der Waals surface area (Å²) in [5.41, 5.74) is 4.79. The van der Waals surface area contributed by atoms with Crippen LogP contribution >= 0.6 is 11.6 Å². The minimum atomic E-state index is 0.327. The lowest BCUT2D eigenvalue weighted by atomic mass is 10.1. The highest BCUT2D eigenvalue weighted by atomic mass is 35.5. The Morgan fingerprint density at radius 1 is 1.35 bits per heavy atom. The standard InChI is InChI=1S/C16H22ClN3/c1-5-18-11(2)16-12(3)19-20(13(16)4)10-14-7-6-8-15(17)9-14/h6-9,11,18H,5,10H2,1-4H3. The molecule has 0 saturated carbocycles. The maximum Gasteiger partial charge on any atom is 0.0663 e. The van der Waals surface area contributed by atoms with Gasteiger partial charge in [-0.1, -0.05) is 30.7 Å². The molecule has 3 nitrogen and oxygen atoms in total. The highest BCUT2D eigenvalue weighted by molar-refractivity contribution is 6.30. The van der Waals surface area contributed by atoms with E-state index in [1.165, 1.54) is 16.8 Å². The molecule has 1 aromatic carbocycles. The van der Waals surface area contributed by atoms with Gasteiger partial charge in [-0.05, 0) is 45.0 Å². The molecule has 2 rings (SSSR count). The predicted octanol–water partition coefficient (Wildman–Crippen LogP) is 3.87. The Balaban J connectivity index is 2.28. The first-order valence-electron chi connectivity index (χ1n) is 7.04. The lowest BCUT2D eigenvalue weighted by molar-refractivity contribution is 0.589. The molecule has 0 fully saturated rings. The smallest absolute Gasteiger partial charge is 0.0663 e. The van der Waals surface area contributed by atoms with Crippen LogP contribution in [0, 0.1) is 13.8 Å². The van der Waals surface area contributed by atoms with E-state index in [0.717, 1.165) is 23.8 Å². The average Bonchev–Trinajstić information content (AvgIpc) is 2.65. The second-order valence-corrected chi connectivity index (χ2v) is 5.59. The fourth-order valence-corrected chi connectivity index (χ4v) is 2.92. The van der Waals surface area contributed by atoms with Crippen LogP contribution in [0.25, 0.3) is 0 Å². The molecule has 1 atom stereocenters. The topological polar surface area (TPSA) is 29.9 Å². The fourth-order valence-electron chi connectivity index (χ4n) is 2.71. The third-order valence-electron chi connectivity index (χ3n) is 3.60. The van der Waals surface area contributed by atoms with E-state index in [4.69, 9.17) is 11.6 Å². The largest absolute Gasteiger partial charge is 0.310 e. The SMILES string of the molecule is CCNC(C)c1c(C)nn(Cc2cccc(Cl)c2)c1C. The van der Waals surface area contributed by atoms with Gasteiger partial charge in [0.2, 0.25) is 0 Å². The Morgan fingerprint density at radius 2 is 2.10 bits per heavy atom. The van der Waals surface area contributed by atoms with E-state index in [1.807, 2.05) is 18.2 Å². The molecule has 4 heteroatoms. The number of halogens is 1. The Hall–Kier alpha value is -1.32. The Morgan fingerprint density at radius 3 is 2.75 bits per heavy atom. The number of hydrogen-bond donors (Lipinski definition) is 1. The minimum Gasteiger partial charge on any atom is -0.310 e. The number of rotatable bonds is 5. The third-order valence-corrected chi connectivity index (χ3v) is 3.84. The molecule has 0 amide bonds. The summed E-state index contributed by atoms with van der Waals surface area (Å²) in [6.07, 6.45) is 0. The molecule has 2 aromatic rings. The summed E-state index contributed by atoms with van der Waals surface area (Å²) in [4.78, 5) is 0. The van der Waals surface area contributed by atoms with Gasteiger partial charge in [-0.3, -0.25) is 4.68 Å². The molecular formula is C16H22ClN3. The number of benzene rings is 1. The van der Waals surface area contributed by atoms with Gasteiger partial charge < -0.3 is 5.32 Å². The van der Waals surface area contributed by atoms with E-state index in [1.54, 1.807) is 0 Å². The van der Waals surface area contributed by atoms with Gasteiger partial charge in [0.1, 0.15) is 0 Å². The molecule has 1 unspecified atom stereocenters. The van der Waals surface area contributed by atoms with Gasteiger partial charge in [-0.2, -0.15) is 5.10 Å². The quantitative estimate of drug-likeness (QED) is 0.906. The van der Waals surface area contributed by atoms with Gasteiger partial charge in [0, 0.05) is 22.3 Å². The summed E-state index contributed by atoms with van der Waals surface area (Å²) < 4.78 is 2.06. The highest BCUT2D eigenvalue weighted by Crippen LogP contribution is 2.22. The van der Waals surface area contributed by atoms with Crippen molar-refractivity contribution < 1.29 is 0 Å². The fraction of sp³-hybridized carbons (Fsp3) is 0.438. The lowest BCUT2D eigenvalue weighted by Crippen LogP contribution is -2.19. The first kappa shape index (κ1) is 15.1. The molecule has 1 aromatic heterocycles. The zero-order valence-electron chi connectivity index (χ0n) is 12.6. The summed E-state index contributed by atoms with van der Waals surface area (Å²) in [6, 6.07) is 8.27. The normalized spacial score (nSPS) is 12.7. The zero-order valence-corrected chi connectivity index (χ0v) is 13.3. The molecule has 0 aliphatic heterocycles. The maximum atomic E-state index is 6.04. The summed E-state index contributed by atoms with van der Waals surface area (Å²) in [7, 11) is 0. The van der Waals surface area contributed by atoms with Gasteiger partial charge in [-0.25, -0.2) is 0 Å². The van der Waals surface area contributed by atoms with Crippen molar-refractivity contribution in [3.8, 4) is 0 Å². The van der Waals surface area contributed by atoms with Gasteiger partial charge >= 0.3 is 0 Å². The van der Waals surface area contributed by atoms with Crippen molar-refractivity contribution in [3.05, 3.63) is 51.8 Å². The number of nitrogens with zero attached hydrogens (tertiary/aromatic N) is 2. The van der Waals surface area contributed by atoms with E-state index < -0.39 is 0 Å². The molecule has 0 aliphatic carbocycles. The summed E-state index contributed by atoms with van der Waals surface area (Å²) in [5.74, 6) is 0. The van der Waals surface area contributed by atoms with E-state index in [-0.39, 0.29) is 0 Å². The van der Waals surface area contributed by atoms with E-state index in [0.29, 0.717) is 6.04 Å². The maximum absolute atomic E-state index is 6.04. The van der Waals surface area contributed by atoms with Crippen molar-refractivity contribution in [3.63, 3.8) is 0 Å². The summed E-state index contributed by atoms with van der Waals surface area (Å²) in [6.45, 7) is 10.2. The Labute approximate surface area is 126 Å². The third kappa shape index (κ3) is 3.22. The van der Waals surface area contributed by atoms with Crippen LogP contribution in [0.3, 0.4) is 0 Å². The predicted molar refractivity (Wildman–Crippen MR) is 84.3 cm³/mol. The second kappa shape index (κ2) is 6.42. The minimum absolute atomic E-state index is 0.327. The zero-order chi connectivity index (χ0) is 14.7. The Bertz CT molecular complexity index is 589. The van der Waals surface area contributed by atoms with Crippen LogP contribution < -0.4 is 5.32 Å². The van der Waals surface area contributed by atoms with E-state index in [2.05, 4.69) is 48.9 Å². The van der Waals surface area contributed by atoms with Crippen LogP contribution in [0.15, 0.2) is 24.3 Å². The lowest BCUT2D eigenvalue weighted by Gasteiger charge is -2.13. The van der Waals surface area contributed by atoms with Crippen LogP contribution in [0.5, 0.6) is 0 Å². The van der Waals surface area contributed by atoms with Crippen LogP contribution in [-0.4, -0.2) is 16.3 Å². The van der Waals surface area contributed by atoms with Gasteiger partial charge in [0.05, 0.1) is 12.2 Å².